The average molecular weight is 352 g/mol. The van der Waals surface area contributed by atoms with E-state index in [-0.39, 0.29) is 23.4 Å². The van der Waals surface area contributed by atoms with E-state index >= 15 is 0 Å². The number of halogens is 6. The summed E-state index contributed by atoms with van der Waals surface area (Å²) in [6, 6.07) is 1.25. The van der Waals surface area contributed by atoms with E-state index in [1.807, 2.05) is 0 Å². The maximum atomic E-state index is 12.4. The van der Waals surface area contributed by atoms with E-state index in [2.05, 4.69) is 25.0 Å². The van der Waals surface area contributed by atoms with Gasteiger partial charge < -0.3 is 10.1 Å². The summed E-state index contributed by atoms with van der Waals surface area (Å²) >= 11 is 0. The van der Waals surface area contributed by atoms with Crippen LogP contribution < -0.4 is 10.1 Å². The summed E-state index contributed by atoms with van der Waals surface area (Å²) in [6.07, 6.45) is -6.94. The molecule has 2 heterocycles. The molecule has 0 saturated heterocycles. The third kappa shape index (κ3) is 4.54. The molecule has 11 heteroatoms. The summed E-state index contributed by atoms with van der Waals surface area (Å²) in [5.74, 6) is -1.83. The quantitative estimate of drug-likeness (QED) is 0.857. The highest BCUT2D eigenvalue weighted by atomic mass is 19.4. The third-order valence-corrected chi connectivity index (χ3v) is 2.74. The van der Waals surface area contributed by atoms with Gasteiger partial charge in [-0.15, -0.1) is 13.2 Å². The second-order valence-corrected chi connectivity index (χ2v) is 4.55. The lowest BCUT2D eigenvalue weighted by atomic mass is 10.1. The van der Waals surface area contributed by atoms with Gasteiger partial charge in [-0.1, -0.05) is 0 Å². The van der Waals surface area contributed by atoms with Crippen molar-refractivity contribution in [3.05, 3.63) is 36.0 Å². The van der Waals surface area contributed by atoms with Crippen LogP contribution in [0.25, 0.3) is 11.3 Å². The molecule has 0 aliphatic heterocycles. The van der Waals surface area contributed by atoms with Crippen molar-refractivity contribution >= 4 is 0 Å². The topological polar surface area (TPSA) is 59.9 Å². The van der Waals surface area contributed by atoms with Gasteiger partial charge in [0.25, 0.3) is 0 Å². The standard InChI is InChI=1S/C13H10F6N4O/c1-20-3-7-2-9(21-6-10(7)24-13(17,18)19)8-4-22-11(23-5-8)12(14,15)16/h2,4-6,20H,3H2,1H3. The molecule has 130 valence electrons. The molecule has 0 bridgehead atoms. The Morgan fingerprint density at radius 2 is 1.62 bits per heavy atom. The van der Waals surface area contributed by atoms with Crippen molar-refractivity contribution in [1.82, 2.24) is 20.3 Å². The highest BCUT2D eigenvalue weighted by molar-refractivity contribution is 5.59. The Kier molecular flexibility index (Phi) is 4.92. The predicted molar refractivity (Wildman–Crippen MR) is 69.7 cm³/mol. The summed E-state index contributed by atoms with van der Waals surface area (Å²) in [6.45, 7) is 0.0302. The number of ether oxygens (including phenoxy) is 1. The van der Waals surface area contributed by atoms with E-state index in [9.17, 15) is 26.3 Å². The summed E-state index contributed by atoms with van der Waals surface area (Å²) in [4.78, 5) is 10.1. The molecule has 0 aromatic carbocycles. The van der Waals surface area contributed by atoms with Crippen LogP contribution in [-0.2, 0) is 12.7 Å². The maximum Gasteiger partial charge on any atom is 0.573 e. The molecular formula is C13H10F6N4O. The average Bonchev–Trinajstić information content (AvgIpc) is 2.47. The lowest BCUT2D eigenvalue weighted by Gasteiger charge is -2.14. The van der Waals surface area contributed by atoms with Crippen LogP contribution in [-0.4, -0.2) is 28.4 Å². The van der Waals surface area contributed by atoms with Crippen molar-refractivity contribution in [2.45, 2.75) is 19.1 Å². The molecule has 0 radical (unpaired) electrons. The smallest absolute Gasteiger partial charge is 0.404 e. The number of aromatic nitrogens is 3. The van der Waals surface area contributed by atoms with Gasteiger partial charge in [0.1, 0.15) is 0 Å². The van der Waals surface area contributed by atoms with Crippen LogP contribution in [0.3, 0.4) is 0 Å². The first-order valence-corrected chi connectivity index (χ1v) is 6.39. The van der Waals surface area contributed by atoms with E-state index in [0.29, 0.717) is 0 Å². The predicted octanol–water partition coefficient (Wildman–Crippen LogP) is 3.18. The molecule has 0 amide bonds. The molecule has 0 spiro atoms. The Bertz CT molecular complexity index is 699. The summed E-state index contributed by atoms with van der Waals surface area (Å²) in [5.41, 5.74) is 0.363. The Labute approximate surface area is 131 Å². The minimum Gasteiger partial charge on any atom is -0.404 e. The molecule has 2 aromatic rings. The molecule has 0 aliphatic carbocycles. The van der Waals surface area contributed by atoms with Crippen LogP contribution in [0, 0.1) is 0 Å². The molecule has 0 atom stereocenters. The van der Waals surface area contributed by atoms with Gasteiger partial charge in [-0.05, 0) is 13.1 Å². The summed E-state index contributed by atoms with van der Waals surface area (Å²) in [5, 5.41) is 2.66. The maximum absolute atomic E-state index is 12.4. The van der Waals surface area contributed by atoms with Crippen molar-refractivity contribution in [2.75, 3.05) is 7.05 Å². The number of pyridine rings is 1. The van der Waals surface area contributed by atoms with Crippen LogP contribution >= 0.6 is 0 Å². The van der Waals surface area contributed by atoms with Crippen LogP contribution in [0.1, 0.15) is 11.4 Å². The Hall–Kier alpha value is -2.43. The zero-order valence-corrected chi connectivity index (χ0v) is 12.0. The monoisotopic (exact) mass is 352 g/mol. The van der Waals surface area contributed by atoms with Gasteiger partial charge >= 0.3 is 12.5 Å². The molecule has 5 nitrogen and oxygen atoms in total. The lowest BCUT2D eigenvalue weighted by molar-refractivity contribution is -0.275. The molecule has 0 aliphatic rings. The molecule has 0 unspecified atom stereocenters. The van der Waals surface area contributed by atoms with E-state index in [1.165, 1.54) is 13.1 Å². The summed E-state index contributed by atoms with van der Waals surface area (Å²) < 4.78 is 78.2. The number of hydrogen-bond donors (Lipinski definition) is 1. The highest BCUT2D eigenvalue weighted by Gasteiger charge is 2.34. The lowest BCUT2D eigenvalue weighted by Crippen LogP contribution is -2.19. The zero-order valence-electron chi connectivity index (χ0n) is 12.0. The van der Waals surface area contributed by atoms with Gasteiger partial charge in [0, 0.05) is 30.1 Å². The van der Waals surface area contributed by atoms with E-state index < -0.39 is 24.1 Å². The minimum absolute atomic E-state index is 0.0302. The Morgan fingerprint density at radius 1 is 1.00 bits per heavy atom. The second kappa shape index (κ2) is 6.59. The molecule has 2 rings (SSSR count). The van der Waals surface area contributed by atoms with Gasteiger partial charge in [-0.25, -0.2) is 9.97 Å². The number of alkyl halides is 6. The van der Waals surface area contributed by atoms with Crippen molar-refractivity contribution < 1.29 is 31.1 Å². The first-order chi connectivity index (χ1) is 11.1. The van der Waals surface area contributed by atoms with Crippen LogP contribution in [0.2, 0.25) is 0 Å². The van der Waals surface area contributed by atoms with Crippen LogP contribution in [0.5, 0.6) is 5.75 Å². The SMILES string of the molecule is CNCc1cc(-c2cnc(C(F)(F)F)nc2)ncc1OC(F)(F)F. The minimum atomic E-state index is -4.89. The Balaban J connectivity index is 2.35. The molecule has 1 N–H and O–H groups in total. The van der Waals surface area contributed by atoms with Gasteiger partial charge in [0.15, 0.2) is 5.75 Å². The fourth-order valence-electron chi connectivity index (χ4n) is 1.79. The third-order valence-electron chi connectivity index (χ3n) is 2.74. The van der Waals surface area contributed by atoms with Gasteiger partial charge in [-0.2, -0.15) is 13.2 Å². The van der Waals surface area contributed by atoms with Crippen molar-refractivity contribution in [3.8, 4) is 17.0 Å². The first-order valence-electron chi connectivity index (χ1n) is 6.39. The van der Waals surface area contributed by atoms with Gasteiger partial charge in [0.05, 0.1) is 11.9 Å². The molecule has 0 saturated carbocycles. The van der Waals surface area contributed by atoms with E-state index in [0.717, 1.165) is 18.6 Å². The van der Waals surface area contributed by atoms with Crippen LogP contribution in [0.4, 0.5) is 26.3 Å². The van der Waals surface area contributed by atoms with Gasteiger partial charge in [0.2, 0.25) is 5.82 Å². The molecule has 24 heavy (non-hydrogen) atoms. The van der Waals surface area contributed by atoms with Crippen molar-refractivity contribution in [3.63, 3.8) is 0 Å². The Morgan fingerprint density at radius 3 is 2.12 bits per heavy atom. The molecule has 2 aromatic heterocycles. The number of rotatable bonds is 4. The van der Waals surface area contributed by atoms with Crippen molar-refractivity contribution in [1.29, 1.82) is 0 Å². The number of nitrogens with one attached hydrogen (secondary N) is 1. The molecular weight excluding hydrogens is 342 g/mol. The fourth-order valence-corrected chi connectivity index (χ4v) is 1.79. The largest absolute Gasteiger partial charge is 0.573 e. The summed E-state index contributed by atoms with van der Waals surface area (Å²) in [7, 11) is 1.51. The highest BCUT2D eigenvalue weighted by Crippen LogP contribution is 2.30. The second-order valence-electron chi connectivity index (χ2n) is 4.55. The zero-order chi connectivity index (χ0) is 18.0. The van der Waals surface area contributed by atoms with Gasteiger partial charge in [-0.3, -0.25) is 4.98 Å². The van der Waals surface area contributed by atoms with E-state index in [4.69, 9.17) is 0 Å². The normalized spacial score (nSPS) is 12.3. The first kappa shape index (κ1) is 17.9. The van der Waals surface area contributed by atoms with Crippen LogP contribution in [0.15, 0.2) is 24.7 Å². The number of hydrogen-bond acceptors (Lipinski definition) is 5. The molecule has 0 fully saturated rings. The van der Waals surface area contributed by atoms with E-state index in [1.54, 1.807) is 0 Å². The van der Waals surface area contributed by atoms with Crippen molar-refractivity contribution in [2.24, 2.45) is 0 Å². The number of nitrogens with zero attached hydrogens (tertiary/aromatic N) is 3. The fraction of sp³-hybridized carbons (Fsp3) is 0.308.